The Morgan fingerprint density at radius 3 is 2.84 bits per heavy atom. The summed E-state index contributed by atoms with van der Waals surface area (Å²) in [6.45, 7) is 4.48. The van der Waals surface area contributed by atoms with Crippen LogP contribution in [0.4, 0.5) is 11.6 Å². The number of thiophene rings is 1. The van der Waals surface area contributed by atoms with Gasteiger partial charge in [0.1, 0.15) is 11.7 Å². The number of hydrogen-bond donors (Lipinski definition) is 2. The Labute approximate surface area is 191 Å². The third-order valence-corrected chi connectivity index (χ3v) is 7.56. The van der Waals surface area contributed by atoms with E-state index in [0.29, 0.717) is 17.6 Å². The second-order valence-electron chi connectivity index (χ2n) is 8.62. The molecule has 0 unspecified atom stereocenters. The van der Waals surface area contributed by atoms with E-state index in [1.54, 1.807) is 22.4 Å². The molecule has 9 heteroatoms. The lowest BCUT2D eigenvalue weighted by Crippen LogP contribution is -3.10. The Kier molecular flexibility index (Phi) is 5.41. The van der Waals surface area contributed by atoms with Crippen LogP contribution in [0.5, 0.6) is 0 Å². The molecule has 0 radical (unpaired) electrons. The van der Waals surface area contributed by atoms with Crippen molar-refractivity contribution in [3.8, 4) is 6.07 Å². The van der Waals surface area contributed by atoms with Gasteiger partial charge in [0.2, 0.25) is 5.95 Å². The summed E-state index contributed by atoms with van der Waals surface area (Å²) in [4.78, 5) is 12.0. The molecule has 2 N–H and O–H groups in total. The summed E-state index contributed by atoms with van der Waals surface area (Å²) >= 11 is 1.70. The van der Waals surface area contributed by atoms with Gasteiger partial charge in [-0.2, -0.15) is 15.3 Å². The Bertz CT molecular complexity index is 1270. The molecule has 5 heterocycles. The Hall–Kier alpha value is -3.22. The SMILES string of the molecule is C[C@@H](c1cccs1)c1c(C#N)c2cnc(Nc3cnn(C4CC[NH+](C)CC4)c3)nc2n1C. The van der Waals surface area contributed by atoms with Crippen molar-refractivity contribution in [1.29, 1.82) is 5.26 Å². The van der Waals surface area contributed by atoms with Crippen molar-refractivity contribution in [2.45, 2.75) is 31.7 Å². The maximum atomic E-state index is 9.88. The van der Waals surface area contributed by atoms with E-state index in [1.165, 1.54) is 18.0 Å². The number of piperidine rings is 1. The average molecular weight is 448 g/mol. The highest BCUT2D eigenvalue weighted by atomic mass is 32.1. The normalized spacial score (nSPS) is 19.7. The van der Waals surface area contributed by atoms with E-state index in [-0.39, 0.29) is 5.92 Å². The van der Waals surface area contributed by atoms with Crippen LogP contribution in [-0.4, -0.2) is 44.5 Å². The lowest BCUT2D eigenvalue weighted by molar-refractivity contribution is -0.885. The van der Waals surface area contributed by atoms with Crippen LogP contribution in [0, 0.1) is 11.3 Å². The summed E-state index contributed by atoms with van der Waals surface area (Å²) in [5.74, 6) is 0.611. The third-order valence-electron chi connectivity index (χ3n) is 6.51. The quantitative estimate of drug-likeness (QED) is 0.491. The molecule has 0 saturated carbocycles. The number of anilines is 2. The maximum absolute atomic E-state index is 9.88. The van der Waals surface area contributed by atoms with Crippen LogP contribution in [0.2, 0.25) is 0 Å². The zero-order chi connectivity index (χ0) is 22.2. The van der Waals surface area contributed by atoms with Crippen molar-refractivity contribution in [3.05, 3.63) is 52.2 Å². The van der Waals surface area contributed by atoms with Crippen molar-refractivity contribution < 1.29 is 4.90 Å². The highest BCUT2D eigenvalue weighted by Gasteiger charge is 2.24. The first-order valence-electron chi connectivity index (χ1n) is 11.0. The molecule has 0 bridgehead atoms. The highest BCUT2D eigenvalue weighted by Crippen LogP contribution is 2.34. The zero-order valence-corrected chi connectivity index (χ0v) is 19.4. The maximum Gasteiger partial charge on any atom is 0.229 e. The third kappa shape index (κ3) is 3.66. The number of quaternary nitrogens is 1. The van der Waals surface area contributed by atoms with Gasteiger partial charge in [0.15, 0.2) is 0 Å². The van der Waals surface area contributed by atoms with Crippen LogP contribution in [0.15, 0.2) is 36.1 Å². The number of aromatic nitrogens is 5. The van der Waals surface area contributed by atoms with Gasteiger partial charge < -0.3 is 14.8 Å². The number of likely N-dealkylation sites (tertiary alicyclic amines) is 1. The Morgan fingerprint density at radius 2 is 2.12 bits per heavy atom. The minimum atomic E-state index is 0.106. The molecule has 1 aliphatic rings. The van der Waals surface area contributed by atoms with E-state index in [9.17, 15) is 5.26 Å². The largest absolute Gasteiger partial charge is 0.337 e. The first-order chi connectivity index (χ1) is 15.5. The molecule has 4 aromatic rings. The summed E-state index contributed by atoms with van der Waals surface area (Å²) in [6, 6.07) is 6.98. The van der Waals surface area contributed by atoms with Crippen LogP contribution >= 0.6 is 11.3 Å². The monoisotopic (exact) mass is 447 g/mol. The number of hydrogen-bond acceptors (Lipinski definition) is 6. The molecule has 1 atom stereocenters. The Balaban J connectivity index is 1.43. The second-order valence-corrected chi connectivity index (χ2v) is 9.60. The van der Waals surface area contributed by atoms with Gasteiger partial charge in [-0.1, -0.05) is 13.0 Å². The van der Waals surface area contributed by atoms with E-state index in [0.717, 1.165) is 35.3 Å². The van der Waals surface area contributed by atoms with Crippen LogP contribution in [0.25, 0.3) is 11.0 Å². The van der Waals surface area contributed by atoms with E-state index >= 15 is 0 Å². The molecule has 0 spiro atoms. The number of aryl methyl sites for hydroxylation is 1. The van der Waals surface area contributed by atoms with Gasteiger partial charge in [0, 0.05) is 48.8 Å². The van der Waals surface area contributed by atoms with E-state index in [4.69, 9.17) is 4.98 Å². The molecule has 5 rings (SSSR count). The van der Waals surface area contributed by atoms with Crippen LogP contribution in [0.1, 0.15) is 47.9 Å². The van der Waals surface area contributed by atoms with Gasteiger partial charge >= 0.3 is 0 Å². The summed E-state index contributed by atoms with van der Waals surface area (Å²) in [5, 5.41) is 20.6. The lowest BCUT2D eigenvalue weighted by Gasteiger charge is -2.26. The summed E-state index contributed by atoms with van der Waals surface area (Å²) in [7, 11) is 4.22. The van der Waals surface area contributed by atoms with Crippen LogP contribution < -0.4 is 10.2 Å². The summed E-state index contributed by atoms with van der Waals surface area (Å²) in [6.07, 6.45) is 7.89. The molecule has 4 aromatic heterocycles. The van der Waals surface area contributed by atoms with Crippen molar-refractivity contribution >= 4 is 34.0 Å². The Morgan fingerprint density at radius 1 is 1.31 bits per heavy atom. The fourth-order valence-electron chi connectivity index (χ4n) is 4.67. The molecule has 164 valence electrons. The van der Waals surface area contributed by atoms with Gasteiger partial charge in [-0.15, -0.1) is 11.3 Å². The second kappa shape index (κ2) is 8.37. The first-order valence-corrected chi connectivity index (χ1v) is 11.8. The topological polar surface area (TPSA) is 88.8 Å². The number of fused-ring (bicyclic) bond motifs is 1. The number of nitrogens with zero attached hydrogens (tertiary/aromatic N) is 6. The summed E-state index contributed by atoms with van der Waals surface area (Å²) < 4.78 is 4.08. The zero-order valence-electron chi connectivity index (χ0n) is 18.5. The van der Waals surface area contributed by atoms with E-state index < -0.39 is 0 Å². The molecule has 1 aliphatic heterocycles. The predicted molar refractivity (Wildman–Crippen MR) is 125 cm³/mol. The van der Waals surface area contributed by atoms with E-state index in [1.807, 2.05) is 30.1 Å². The van der Waals surface area contributed by atoms with Crippen molar-refractivity contribution in [3.63, 3.8) is 0 Å². The number of rotatable bonds is 5. The van der Waals surface area contributed by atoms with Gasteiger partial charge in [-0.25, -0.2) is 4.98 Å². The smallest absolute Gasteiger partial charge is 0.229 e. The van der Waals surface area contributed by atoms with E-state index in [2.05, 4.69) is 51.6 Å². The van der Waals surface area contributed by atoms with Crippen LogP contribution in [0.3, 0.4) is 0 Å². The van der Waals surface area contributed by atoms with Crippen molar-refractivity contribution in [2.75, 3.05) is 25.5 Å². The van der Waals surface area contributed by atoms with Gasteiger partial charge in [0.05, 0.1) is 49.0 Å². The lowest BCUT2D eigenvalue weighted by atomic mass is 10.0. The molecule has 1 fully saturated rings. The molecule has 8 nitrogen and oxygen atoms in total. The molecular formula is C23H27N8S+. The minimum absolute atomic E-state index is 0.106. The van der Waals surface area contributed by atoms with Gasteiger partial charge in [-0.3, -0.25) is 4.68 Å². The average Bonchev–Trinajstić information content (AvgIpc) is 3.54. The fourth-order valence-corrected chi connectivity index (χ4v) is 5.46. The molecule has 0 amide bonds. The molecule has 0 aromatic carbocycles. The highest BCUT2D eigenvalue weighted by molar-refractivity contribution is 7.10. The predicted octanol–water partition coefficient (Wildman–Crippen LogP) is 2.84. The number of nitriles is 1. The summed E-state index contributed by atoms with van der Waals surface area (Å²) in [5.41, 5.74) is 3.24. The van der Waals surface area contributed by atoms with Gasteiger partial charge in [-0.05, 0) is 11.4 Å². The van der Waals surface area contributed by atoms with Crippen molar-refractivity contribution in [1.82, 2.24) is 24.3 Å². The number of nitrogens with one attached hydrogen (secondary N) is 2. The van der Waals surface area contributed by atoms with Crippen LogP contribution in [-0.2, 0) is 7.05 Å². The molecule has 1 saturated heterocycles. The molecule has 0 aliphatic carbocycles. The van der Waals surface area contributed by atoms with Crippen molar-refractivity contribution in [2.24, 2.45) is 7.05 Å². The van der Waals surface area contributed by atoms with Gasteiger partial charge in [0.25, 0.3) is 0 Å². The molecular weight excluding hydrogens is 420 g/mol. The standard InChI is InChI=1S/C23H26N8S/c1-15(20-5-4-10-32-20)21-18(11-24)19-13-25-23(28-22(19)30(21)3)27-16-12-26-31(14-16)17-6-8-29(2)9-7-17/h4-5,10,12-15,17H,6-9H2,1-3H3,(H,25,27,28)/p+1/t15-/m0/s1. The molecule has 32 heavy (non-hydrogen) atoms. The fraction of sp³-hybridized carbons (Fsp3) is 0.391. The first kappa shape index (κ1) is 20.7. The minimum Gasteiger partial charge on any atom is -0.337 e.